The van der Waals surface area contributed by atoms with Gasteiger partial charge in [0.15, 0.2) is 6.61 Å². The van der Waals surface area contributed by atoms with Crippen molar-refractivity contribution in [1.29, 1.82) is 0 Å². The number of nitrogens with one attached hydrogen (secondary N) is 1. The minimum Gasteiger partial charge on any atom is -0.452 e. The van der Waals surface area contributed by atoms with Crippen LogP contribution < -0.4 is 10.2 Å². The Balaban J connectivity index is 1.56. The lowest BCUT2D eigenvalue weighted by Gasteiger charge is -2.36. The zero-order valence-electron chi connectivity index (χ0n) is 16.3. The molecule has 9 nitrogen and oxygen atoms in total. The number of amides is 1. The molecule has 0 unspecified atom stereocenters. The zero-order valence-corrected chi connectivity index (χ0v) is 16.3. The Morgan fingerprint density at radius 1 is 1.17 bits per heavy atom. The second-order valence-electron chi connectivity index (χ2n) is 6.63. The Morgan fingerprint density at radius 2 is 1.87 bits per heavy atom. The summed E-state index contributed by atoms with van der Waals surface area (Å²) in [5.74, 6) is -1.53. The largest absolute Gasteiger partial charge is 0.452 e. The molecular weight excluding hydrogens is 395 g/mol. The van der Waals surface area contributed by atoms with Crippen molar-refractivity contribution in [2.75, 3.05) is 50.1 Å². The first kappa shape index (κ1) is 21.0. The summed E-state index contributed by atoms with van der Waals surface area (Å²) in [7, 11) is 1.57. The smallest absolute Gasteiger partial charge is 0.341 e. The van der Waals surface area contributed by atoms with Crippen molar-refractivity contribution in [2.45, 2.75) is 0 Å². The van der Waals surface area contributed by atoms with Crippen LogP contribution in [0, 0.1) is 15.9 Å². The summed E-state index contributed by atoms with van der Waals surface area (Å²) in [5.41, 5.74) is 0.568. The quantitative estimate of drug-likeness (QED) is 0.438. The summed E-state index contributed by atoms with van der Waals surface area (Å²) in [6.45, 7) is 1.15. The number of benzene rings is 2. The number of halogens is 1. The average Bonchev–Trinajstić information content (AvgIpc) is 2.77. The fourth-order valence-corrected chi connectivity index (χ4v) is 3.23. The number of nitro groups is 1. The zero-order chi connectivity index (χ0) is 21.7. The van der Waals surface area contributed by atoms with E-state index < -0.39 is 17.5 Å². The van der Waals surface area contributed by atoms with Crippen molar-refractivity contribution in [3.63, 3.8) is 0 Å². The molecule has 0 aromatic heterocycles. The maximum atomic E-state index is 13.9. The van der Waals surface area contributed by atoms with Gasteiger partial charge in [-0.3, -0.25) is 14.9 Å². The van der Waals surface area contributed by atoms with Gasteiger partial charge in [-0.1, -0.05) is 12.1 Å². The van der Waals surface area contributed by atoms with Gasteiger partial charge in [-0.05, 0) is 18.2 Å². The lowest BCUT2D eigenvalue weighted by molar-refractivity contribution is -0.384. The first-order valence-corrected chi connectivity index (χ1v) is 9.31. The van der Waals surface area contributed by atoms with E-state index in [1.807, 2.05) is 4.90 Å². The molecule has 1 N–H and O–H groups in total. The van der Waals surface area contributed by atoms with Crippen LogP contribution in [0.4, 0.5) is 21.5 Å². The molecule has 0 aliphatic carbocycles. The van der Waals surface area contributed by atoms with E-state index in [-0.39, 0.29) is 23.0 Å². The van der Waals surface area contributed by atoms with Crippen LogP contribution in [0.2, 0.25) is 0 Å². The summed E-state index contributed by atoms with van der Waals surface area (Å²) in [6.07, 6.45) is 0. The van der Waals surface area contributed by atoms with Crippen molar-refractivity contribution in [3.05, 3.63) is 64.0 Å². The number of ether oxygens (including phenoxy) is 1. The molecule has 1 fully saturated rings. The van der Waals surface area contributed by atoms with Crippen LogP contribution in [0.25, 0.3) is 0 Å². The molecule has 30 heavy (non-hydrogen) atoms. The molecule has 0 atom stereocenters. The topological polar surface area (TPSA) is 105 Å². The number of non-ortho nitro benzene ring substituents is 1. The van der Waals surface area contributed by atoms with Gasteiger partial charge < -0.3 is 19.9 Å². The molecule has 2 aromatic rings. The number of rotatable bonds is 6. The van der Waals surface area contributed by atoms with Crippen molar-refractivity contribution >= 4 is 28.9 Å². The van der Waals surface area contributed by atoms with Crippen molar-refractivity contribution < 1.29 is 23.6 Å². The second kappa shape index (κ2) is 9.21. The van der Waals surface area contributed by atoms with Gasteiger partial charge in [0.05, 0.1) is 16.2 Å². The maximum Gasteiger partial charge on any atom is 0.341 e. The first-order valence-electron chi connectivity index (χ1n) is 9.31. The van der Waals surface area contributed by atoms with Crippen LogP contribution in [0.15, 0.2) is 42.5 Å². The van der Waals surface area contributed by atoms with Crippen LogP contribution in [-0.2, 0) is 9.53 Å². The number of anilines is 2. The van der Waals surface area contributed by atoms with Crippen molar-refractivity contribution in [2.24, 2.45) is 0 Å². The molecule has 0 bridgehead atoms. The highest BCUT2D eigenvalue weighted by atomic mass is 19.1. The second-order valence-corrected chi connectivity index (χ2v) is 6.63. The number of esters is 1. The fourth-order valence-electron chi connectivity index (χ4n) is 3.23. The summed E-state index contributed by atoms with van der Waals surface area (Å²) < 4.78 is 19.0. The van der Waals surface area contributed by atoms with Crippen LogP contribution in [0.1, 0.15) is 10.4 Å². The van der Waals surface area contributed by atoms with Gasteiger partial charge in [-0.15, -0.1) is 0 Å². The van der Waals surface area contributed by atoms with E-state index in [1.54, 1.807) is 25.2 Å². The third kappa shape index (κ3) is 4.65. The van der Waals surface area contributed by atoms with Gasteiger partial charge in [0.2, 0.25) is 0 Å². The average molecular weight is 416 g/mol. The van der Waals surface area contributed by atoms with Gasteiger partial charge in [-0.2, -0.15) is 0 Å². The molecule has 0 radical (unpaired) electrons. The van der Waals surface area contributed by atoms with E-state index >= 15 is 0 Å². The Labute approximate surface area is 172 Å². The Kier molecular flexibility index (Phi) is 6.45. The molecule has 1 aliphatic heterocycles. The maximum absolute atomic E-state index is 13.9. The van der Waals surface area contributed by atoms with E-state index in [0.29, 0.717) is 37.6 Å². The van der Waals surface area contributed by atoms with Crippen molar-refractivity contribution in [1.82, 2.24) is 4.90 Å². The molecule has 158 valence electrons. The van der Waals surface area contributed by atoms with E-state index in [0.717, 1.165) is 6.07 Å². The number of para-hydroxylation sites is 1. The van der Waals surface area contributed by atoms with Gasteiger partial charge >= 0.3 is 5.97 Å². The molecule has 0 saturated carbocycles. The lowest BCUT2D eigenvalue weighted by Crippen LogP contribution is -2.50. The van der Waals surface area contributed by atoms with Gasteiger partial charge in [0.25, 0.3) is 11.6 Å². The highest BCUT2D eigenvalue weighted by Crippen LogP contribution is 2.23. The molecule has 1 saturated heterocycles. The molecule has 1 heterocycles. The molecule has 3 rings (SSSR count). The molecule has 10 heteroatoms. The van der Waals surface area contributed by atoms with E-state index in [2.05, 4.69) is 5.32 Å². The number of hydrogen-bond acceptors (Lipinski definition) is 7. The highest BCUT2D eigenvalue weighted by Gasteiger charge is 2.24. The molecule has 1 aliphatic rings. The normalized spacial score (nSPS) is 13.7. The van der Waals surface area contributed by atoms with Crippen LogP contribution >= 0.6 is 0 Å². The summed E-state index contributed by atoms with van der Waals surface area (Å²) in [5, 5.41) is 13.7. The number of carbonyl (C=O) groups excluding carboxylic acids is 2. The number of hydrogen-bond donors (Lipinski definition) is 1. The predicted molar refractivity (Wildman–Crippen MR) is 108 cm³/mol. The van der Waals surface area contributed by atoms with Gasteiger partial charge in [0, 0.05) is 51.0 Å². The molecule has 2 aromatic carbocycles. The number of piperazine rings is 1. The predicted octanol–water partition coefficient (Wildman–Crippen LogP) is 2.28. The minimum absolute atomic E-state index is 0.0242. The summed E-state index contributed by atoms with van der Waals surface area (Å²) >= 11 is 0. The standard InChI is InChI=1S/C20H21FN4O5/c1-22-17-7-6-14(25(28)29)12-15(17)20(27)30-13-19(26)24-10-8-23(9-11-24)18-5-3-2-4-16(18)21/h2-7,12,22H,8-11,13H2,1H3. The molecule has 0 spiro atoms. The molecule has 1 amide bonds. The number of carbonyl (C=O) groups is 2. The Hall–Kier alpha value is -3.69. The third-order valence-electron chi connectivity index (χ3n) is 4.86. The summed E-state index contributed by atoms with van der Waals surface area (Å²) in [4.78, 5) is 38.5. The van der Waals surface area contributed by atoms with Crippen LogP contribution in [-0.4, -0.2) is 61.5 Å². The van der Waals surface area contributed by atoms with Crippen LogP contribution in [0.5, 0.6) is 0 Å². The Morgan fingerprint density at radius 3 is 2.50 bits per heavy atom. The lowest BCUT2D eigenvalue weighted by atomic mass is 10.1. The van der Waals surface area contributed by atoms with E-state index in [4.69, 9.17) is 4.74 Å². The minimum atomic E-state index is -0.832. The highest BCUT2D eigenvalue weighted by molar-refractivity contribution is 5.97. The van der Waals surface area contributed by atoms with Gasteiger partial charge in [0.1, 0.15) is 5.82 Å². The summed E-state index contributed by atoms with van der Waals surface area (Å²) in [6, 6.07) is 10.2. The monoisotopic (exact) mass is 416 g/mol. The Bertz CT molecular complexity index is 960. The number of nitrogens with zero attached hydrogens (tertiary/aromatic N) is 3. The van der Waals surface area contributed by atoms with E-state index in [1.165, 1.54) is 23.1 Å². The third-order valence-corrected chi connectivity index (χ3v) is 4.86. The first-order chi connectivity index (χ1) is 14.4. The van der Waals surface area contributed by atoms with Crippen molar-refractivity contribution in [3.8, 4) is 0 Å². The van der Waals surface area contributed by atoms with Crippen LogP contribution in [0.3, 0.4) is 0 Å². The van der Waals surface area contributed by atoms with Gasteiger partial charge in [-0.25, -0.2) is 9.18 Å². The SMILES string of the molecule is CNc1ccc([N+](=O)[O-])cc1C(=O)OCC(=O)N1CCN(c2ccccc2F)CC1. The fraction of sp³-hybridized carbons (Fsp3) is 0.300. The van der Waals surface area contributed by atoms with E-state index in [9.17, 15) is 24.1 Å². The molecular formula is C20H21FN4O5. The number of nitro benzene ring substituents is 1.